The molecule has 0 aliphatic carbocycles. The van der Waals surface area contributed by atoms with Gasteiger partial charge in [0.2, 0.25) is 11.8 Å². The van der Waals surface area contributed by atoms with Crippen LogP contribution in [-0.2, 0) is 20.9 Å². The molecule has 1 fully saturated rings. The number of imide groups is 1. The fraction of sp³-hybridized carbons (Fsp3) is 0.250. The fourth-order valence-electron chi connectivity index (χ4n) is 3.63. The zero-order valence-electron chi connectivity index (χ0n) is 15.5. The third kappa shape index (κ3) is 3.20. The molecule has 2 aliphatic rings. The molecule has 2 aliphatic heterocycles. The highest BCUT2D eigenvalue weighted by Crippen LogP contribution is 2.33. The van der Waals surface area contributed by atoms with Gasteiger partial charge in [-0.15, -0.1) is 0 Å². The molecule has 1 atom stereocenters. The van der Waals surface area contributed by atoms with Crippen LogP contribution in [0.2, 0.25) is 0 Å². The second kappa shape index (κ2) is 7.01. The third-order valence-electron chi connectivity index (χ3n) is 5.09. The molecule has 0 spiro atoms. The Labute approximate surface area is 165 Å². The highest BCUT2D eigenvalue weighted by Gasteiger charge is 2.39. The SMILES string of the molecule is COC(=O)c1cnc(-c2ccc3c(c2)CN(C2CCC(=O)NC2=O)C3=O)c(O)c1. The van der Waals surface area contributed by atoms with Gasteiger partial charge in [-0.1, -0.05) is 6.07 Å². The van der Waals surface area contributed by atoms with Crippen molar-refractivity contribution in [2.24, 2.45) is 0 Å². The molecule has 4 rings (SSSR count). The molecule has 0 bridgehead atoms. The smallest absolute Gasteiger partial charge is 0.339 e. The van der Waals surface area contributed by atoms with E-state index in [-0.39, 0.29) is 48.2 Å². The first-order chi connectivity index (χ1) is 13.9. The Hall–Kier alpha value is -3.75. The number of methoxy groups -OCH3 is 1. The molecule has 9 nitrogen and oxygen atoms in total. The standard InChI is InChI=1S/C20H17N3O6/c1-29-20(28)11-7-15(24)17(21-8-11)10-2-3-13-12(6-10)9-23(19(13)27)14-4-5-16(25)22-18(14)26/h2-3,6-8,14,24H,4-5,9H2,1H3,(H,22,25,26). The topological polar surface area (TPSA) is 126 Å². The molecule has 1 saturated heterocycles. The molecule has 9 heteroatoms. The number of aromatic nitrogens is 1. The first kappa shape index (κ1) is 18.6. The molecule has 1 aromatic heterocycles. The average molecular weight is 395 g/mol. The Bertz CT molecular complexity index is 1060. The number of benzene rings is 1. The quantitative estimate of drug-likeness (QED) is 0.586. The lowest BCUT2D eigenvalue weighted by molar-refractivity contribution is -0.136. The summed E-state index contributed by atoms with van der Waals surface area (Å²) in [6.07, 6.45) is 1.77. The van der Waals surface area contributed by atoms with Gasteiger partial charge >= 0.3 is 5.97 Å². The van der Waals surface area contributed by atoms with Crippen LogP contribution in [0, 0.1) is 0 Å². The summed E-state index contributed by atoms with van der Waals surface area (Å²) >= 11 is 0. The molecular weight excluding hydrogens is 378 g/mol. The van der Waals surface area contributed by atoms with E-state index >= 15 is 0 Å². The highest BCUT2D eigenvalue weighted by molar-refractivity contribution is 6.05. The molecule has 3 amide bonds. The molecule has 1 aromatic carbocycles. The second-order valence-electron chi connectivity index (χ2n) is 6.86. The number of esters is 1. The molecule has 1 unspecified atom stereocenters. The number of carbonyl (C=O) groups is 4. The van der Waals surface area contributed by atoms with Gasteiger partial charge in [0.15, 0.2) is 0 Å². The van der Waals surface area contributed by atoms with Crippen molar-refractivity contribution in [3.63, 3.8) is 0 Å². The molecular formula is C20H17N3O6. The number of pyridine rings is 1. The number of hydrogen-bond donors (Lipinski definition) is 2. The fourth-order valence-corrected chi connectivity index (χ4v) is 3.63. The Kier molecular flexibility index (Phi) is 4.50. The maximum Gasteiger partial charge on any atom is 0.339 e. The Balaban J connectivity index is 1.62. The molecule has 29 heavy (non-hydrogen) atoms. The van der Waals surface area contributed by atoms with Crippen molar-refractivity contribution in [1.29, 1.82) is 0 Å². The Morgan fingerprint density at radius 3 is 2.76 bits per heavy atom. The van der Waals surface area contributed by atoms with Crippen molar-refractivity contribution >= 4 is 23.7 Å². The van der Waals surface area contributed by atoms with Crippen LogP contribution in [0.3, 0.4) is 0 Å². The van der Waals surface area contributed by atoms with Gasteiger partial charge in [-0.3, -0.25) is 24.7 Å². The zero-order chi connectivity index (χ0) is 20.7. The van der Waals surface area contributed by atoms with Gasteiger partial charge in [-0.05, 0) is 30.2 Å². The summed E-state index contributed by atoms with van der Waals surface area (Å²) in [6.45, 7) is 0.218. The van der Waals surface area contributed by atoms with E-state index in [0.717, 1.165) is 0 Å². The van der Waals surface area contributed by atoms with Gasteiger partial charge in [0, 0.05) is 30.3 Å². The predicted octanol–water partition coefficient (Wildman–Crippen LogP) is 1.00. The summed E-state index contributed by atoms with van der Waals surface area (Å²) in [5.74, 6) is -1.90. The molecule has 148 valence electrons. The van der Waals surface area contributed by atoms with Crippen LogP contribution in [0.5, 0.6) is 5.75 Å². The van der Waals surface area contributed by atoms with Crippen molar-refractivity contribution in [2.75, 3.05) is 7.11 Å². The third-order valence-corrected chi connectivity index (χ3v) is 5.09. The number of nitrogens with one attached hydrogen (secondary N) is 1. The number of piperidine rings is 1. The van der Waals surface area contributed by atoms with Crippen LogP contribution >= 0.6 is 0 Å². The van der Waals surface area contributed by atoms with Crippen LogP contribution in [0.15, 0.2) is 30.5 Å². The van der Waals surface area contributed by atoms with Crippen molar-refractivity contribution in [3.8, 4) is 17.0 Å². The summed E-state index contributed by atoms with van der Waals surface area (Å²) in [5, 5.41) is 12.5. The van der Waals surface area contributed by atoms with Gasteiger partial charge < -0.3 is 14.7 Å². The largest absolute Gasteiger partial charge is 0.506 e. The van der Waals surface area contributed by atoms with Crippen LogP contribution in [0.4, 0.5) is 0 Å². The molecule has 0 radical (unpaired) electrons. The predicted molar refractivity (Wildman–Crippen MR) is 98.7 cm³/mol. The summed E-state index contributed by atoms with van der Waals surface area (Å²) < 4.78 is 4.61. The zero-order valence-corrected chi connectivity index (χ0v) is 15.5. The van der Waals surface area contributed by atoms with Crippen molar-refractivity contribution in [2.45, 2.75) is 25.4 Å². The summed E-state index contributed by atoms with van der Waals surface area (Å²) in [6, 6.07) is 5.56. The second-order valence-corrected chi connectivity index (χ2v) is 6.86. The summed E-state index contributed by atoms with van der Waals surface area (Å²) in [4.78, 5) is 53.4. The van der Waals surface area contributed by atoms with E-state index in [1.54, 1.807) is 18.2 Å². The lowest BCUT2D eigenvalue weighted by Gasteiger charge is -2.29. The first-order valence-electron chi connectivity index (χ1n) is 8.94. The number of carbonyl (C=O) groups excluding carboxylic acids is 4. The number of ether oxygens (including phenoxy) is 1. The highest BCUT2D eigenvalue weighted by atomic mass is 16.5. The average Bonchev–Trinajstić information content (AvgIpc) is 3.03. The van der Waals surface area contributed by atoms with Gasteiger partial charge in [0.1, 0.15) is 17.5 Å². The van der Waals surface area contributed by atoms with E-state index in [2.05, 4.69) is 15.0 Å². The van der Waals surface area contributed by atoms with E-state index in [9.17, 15) is 24.3 Å². The minimum Gasteiger partial charge on any atom is -0.506 e. The normalized spacial score (nSPS) is 18.4. The summed E-state index contributed by atoms with van der Waals surface area (Å²) in [7, 11) is 1.24. The summed E-state index contributed by atoms with van der Waals surface area (Å²) in [5.41, 5.74) is 2.09. The maximum atomic E-state index is 12.7. The maximum absolute atomic E-state index is 12.7. The minimum atomic E-state index is -0.693. The van der Waals surface area contributed by atoms with E-state index < -0.39 is 17.9 Å². The first-order valence-corrected chi connectivity index (χ1v) is 8.94. The van der Waals surface area contributed by atoms with Crippen molar-refractivity contribution < 1.29 is 29.0 Å². The van der Waals surface area contributed by atoms with Crippen LogP contribution in [0.25, 0.3) is 11.3 Å². The number of nitrogens with zero attached hydrogens (tertiary/aromatic N) is 2. The van der Waals surface area contributed by atoms with Gasteiger partial charge in [-0.25, -0.2) is 4.79 Å². The lowest BCUT2D eigenvalue weighted by atomic mass is 10.0. The number of aromatic hydroxyl groups is 1. The molecule has 2 aromatic rings. The van der Waals surface area contributed by atoms with Gasteiger partial charge in [0.05, 0.1) is 12.7 Å². The van der Waals surface area contributed by atoms with Crippen LogP contribution in [0.1, 0.15) is 39.1 Å². The molecule has 0 saturated carbocycles. The number of amides is 3. The minimum absolute atomic E-state index is 0.120. The van der Waals surface area contributed by atoms with Gasteiger partial charge in [-0.2, -0.15) is 0 Å². The Morgan fingerprint density at radius 2 is 2.07 bits per heavy atom. The monoisotopic (exact) mass is 395 g/mol. The lowest BCUT2D eigenvalue weighted by Crippen LogP contribution is -2.52. The number of fused-ring (bicyclic) bond motifs is 1. The van der Waals surface area contributed by atoms with E-state index in [4.69, 9.17) is 0 Å². The Morgan fingerprint density at radius 1 is 1.28 bits per heavy atom. The van der Waals surface area contributed by atoms with E-state index in [1.807, 2.05) is 0 Å². The van der Waals surface area contributed by atoms with Crippen LogP contribution in [-0.4, -0.2) is 51.8 Å². The number of rotatable bonds is 3. The van der Waals surface area contributed by atoms with Crippen molar-refractivity contribution in [3.05, 3.63) is 47.2 Å². The van der Waals surface area contributed by atoms with E-state index in [1.165, 1.54) is 24.3 Å². The number of hydrogen-bond acceptors (Lipinski definition) is 7. The van der Waals surface area contributed by atoms with Gasteiger partial charge in [0.25, 0.3) is 5.91 Å². The molecule has 3 heterocycles. The van der Waals surface area contributed by atoms with E-state index in [0.29, 0.717) is 16.7 Å². The van der Waals surface area contributed by atoms with Crippen LogP contribution < -0.4 is 5.32 Å². The molecule has 2 N–H and O–H groups in total. The van der Waals surface area contributed by atoms with Crippen molar-refractivity contribution in [1.82, 2.24) is 15.2 Å².